The van der Waals surface area contributed by atoms with Crippen LogP contribution in [0.15, 0.2) is 18.3 Å². The molecule has 1 aromatic heterocycles. The quantitative estimate of drug-likeness (QED) is 0.549. The monoisotopic (exact) mass is 208 g/mol. The second kappa shape index (κ2) is 4.00. The fourth-order valence-corrected chi connectivity index (χ4v) is 1.14. The summed E-state index contributed by atoms with van der Waals surface area (Å²) < 4.78 is 35.6. The van der Waals surface area contributed by atoms with Crippen LogP contribution in [0, 0.1) is 0 Å². The van der Waals surface area contributed by atoms with Crippen LogP contribution in [0.25, 0.3) is 0 Å². The van der Waals surface area contributed by atoms with E-state index in [1.807, 2.05) is 0 Å². The first kappa shape index (κ1) is 10.4. The van der Waals surface area contributed by atoms with Crippen molar-refractivity contribution >= 4 is 18.6 Å². The lowest BCUT2D eigenvalue weighted by Crippen LogP contribution is -2.15. The van der Waals surface area contributed by atoms with Gasteiger partial charge in [-0.3, -0.25) is 0 Å². The zero-order valence-corrected chi connectivity index (χ0v) is 7.44. The second-order valence-corrected chi connectivity index (χ2v) is 3.06. The molecule has 0 aliphatic carbocycles. The van der Waals surface area contributed by atoms with Crippen LogP contribution in [-0.4, -0.2) is 12.0 Å². The summed E-state index contributed by atoms with van der Waals surface area (Å²) >= 11 is 5.58. The first-order valence-corrected chi connectivity index (χ1v) is 4.17. The van der Waals surface area contributed by atoms with E-state index in [1.54, 1.807) is 12.1 Å². The second-order valence-electron chi connectivity index (χ2n) is 2.70. The molecule has 0 saturated carbocycles. The molecule has 0 spiro atoms. The maximum absolute atomic E-state index is 11.9. The highest BCUT2D eigenvalue weighted by atomic mass is 35.5. The lowest BCUT2D eigenvalue weighted by Gasteiger charge is -2.12. The molecule has 0 saturated heterocycles. The zero-order chi connectivity index (χ0) is 9.90. The van der Waals surface area contributed by atoms with Crippen LogP contribution >= 0.6 is 11.6 Å². The van der Waals surface area contributed by atoms with Crippen molar-refractivity contribution in [1.29, 1.82) is 0 Å². The third-order valence-electron chi connectivity index (χ3n) is 1.58. The molecule has 0 bridgehead atoms. The molecular weight excluding hydrogens is 201 g/mol. The van der Waals surface area contributed by atoms with Gasteiger partial charge < -0.3 is 12.9 Å². The number of pyridine rings is 1. The van der Waals surface area contributed by atoms with Gasteiger partial charge in [0.05, 0.1) is 0 Å². The van der Waals surface area contributed by atoms with Gasteiger partial charge in [-0.15, -0.1) is 0 Å². The summed E-state index contributed by atoms with van der Waals surface area (Å²) in [6.07, 6.45) is 0.562. The van der Waals surface area contributed by atoms with E-state index in [9.17, 15) is 12.9 Å². The molecular formula is C7H7BClF3N-. The van der Waals surface area contributed by atoms with Gasteiger partial charge in [0.1, 0.15) is 5.15 Å². The van der Waals surface area contributed by atoms with E-state index in [0.29, 0.717) is 5.56 Å². The number of halogens is 4. The maximum Gasteiger partial charge on any atom is 0.478 e. The Morgan fingerprint density at radius 3 is 2.62 bits per heavy atom. The minimum absolute atomic E-state index is 0.0871. The standard InChI is InChI=1S/C7H7BClF3N/c9-7-6(2-1-5-13-7)3-4-8(10,11)12/h1-2,5H,3-4H2/q-1. The zero-order valence-electron chi connectivity index (χ0n) is 6.68. The number of hydrogen-bond acceptors (Lipinski definition) is 1. The third-order valence-corrected chi connectivity index (χ3v) is 1.92. The Morgan fingerprint density at radius 2 is 2.08 bits per heavy atom. The number of hydrogen-bond donors (Lipinski definition) is 0. The van der Waals surface area contributed by atoms with Gasteiger partial charge in [0.15, 0.2) is 0 Å². The van der Waals surface area contributed by atoms with Crippen molar-refractivity contribution in [3.8, 4) is 0 Å². The molecule has 0 aromatic carbocycles. The Morgan fingerprint density at radius 1 is 1.38 bits per heavy atom. The van der Waals surface area contributed by atoms with E-state index in [0.717, 1.165) is 0 Å². The summed E-state index contributed by atoms with van der Waals surface area (Å²) in [6, 6.07) is 3.13. The molecule has 0 radical (unpaired) electrons. The van der Waals surface area contributed by atoms with Crippen molar-refractivity contribution in [3.63, 3.8) is 0 Å². The van der Waals surface area contributed by atoms with Gasteiger partial charge in [-0.25, -0.2) is 4.98 Å². The van der Waals surface area contributed by atoms with Crippen molar-refractivity contribution in [2.45, 2.75) is 12.7 Å². The molecule has 0 fully saturated rings. The number of rotatable bonds is 3. The first-order valence-electron chi connectivity index (χ1n) is 3.79. The number of nitrogens with zero attached hydrogens (tertiary/aromatic N) is 1. The number of aromatic nitrogens is 1. The van der Waals surface area contributed by atoms with Crippen molar-refractivity contribution in [3.05, 3.63) is 29.0 Å². The summed E-state index contributed by atoms with van der Waals surface area (Å²) in [5.41, 5.74) is 0.448. The number of aryl methyl sites for hydroxylation is 1. The smallest absolute Gasteiger partial charge is 0.449 e. The predicted octanol–water partition coefficient (Wildman–Crippen LogP) is 3.12. The molecule has 0 unspecified atom stereocenters. The lowest BCUT2D eigenvalue weighted by atomic mass is 9.83. The van der Waals surface area contributed by atoms with Crippen molar-refractivity contribution in [1.82, 2.24) is 4.98 Å². The van der Waals surface area contributed by atoms with Gasteiger partial charge in [-0.05, 0) is 18.1 Å². The third kappa shape index (κ3) is 3.68. The van der Waals surface area contributed by atoms with E-state index < -0.39 is 13.3 Å². The largest absolute Gasteiger partial charge is 0.478 e. The van der Waals surface area contributed by atoms with E-state index >= 15 is 0 Å². The molecule has 1 nitrogen and oxygen atoms in total. The average molecular weight is 208 g/mol. The maximum atomic E-state index is 11.9. The molecule has 13 heavy (non-hydrogen) atoms. The molecule has 1 heterocycles. The van der Waals surface area contributed by atoms with Gasteiger partial charge in [0, 0.05) is 6.20 Å². The minimum Gasteiger partial charge on any atom is -0.449 e. The van der Waals surface area contributed by atoms with Crippen LogP contribution in [0.4, 0.5) is 12.9 Å². The van der Waals surface area contributed by atoms with Crippen LogP contribution in [0.1, 0.15) is 5.56 Å². The predicted molar refractivity (Wildman–Crippen MR) is 46.8 cm³/mol. The normalized spacial score (nSPS) is 11.7. The topological polar surface area (TPSA) is 12.9 Å². The highest BCUT2D eigenvalue weighted by molar-refractivity contribution is 6.58. The van der Waals surface area contributed by atoms with E-state index in [-0.39, 0.29) is 11.6 Å². The van der Waals surface area contributed by atoms with E-state index in [1.165, 1.54) is 6.20 Å². The SMILES string of the molecule is F[B-](F)(F)CCc1cccnc1Cl. The fraction of sp³-hybridized carbons (Fsp3) is 0.286. The first-order chi connectivity index (χ1) is 5.99. The molecule has 1 rings (SSSR count). The highest BCUT2D eigenvalue weighted by Crippen LogP contribution is 2.21. The molecule has 0 aliphatic rings. The van der Waals surface area contributed by atoms with Gasteiger partial charge in [-0.1, -0.05) is 24.0 Å². The summed E-state index contributed by atoms with van der Waals surface area (Å²) in [5, 5.41) is 0.155. The van der Waals surface area contributed by atoms with Crippen LogP contribution in [0.2, 0.25) is 11.5 Å². The molecule has 72 valence electrons. The highest BCUT2D eigenvalue weighted by Gasteiger charge is 2.22. The van der Waals surface area contributed by atoms with Crippen LogP contribution in [0.3, 0.4) is 0 Å². The van der Waals surface area contributed by atoms with E-state index in [2.05, 4.69) is 4.98 Å². The average Bonchev–Trinajstić information content (AvgIpc) is 2.01. The van der Waals surface area contributed by atoms with Crippen molar-refractivity contribution < 1.29 is 12.9 Å². The molecule has 0 atom stereocenters. The molecule has 0 aliphatic heterocycles. The van der Waals surface area contributed by atoms with E-state index in [4.69, 9.17) is 11.6 Å². The van der Waals surface area contributed by atoms with Crippen LogP contribution in [0.5, 0.6) is 0 Å². The van der Waals surface area contributed by atoms with Crippen LogP contribution < -0.4 is 0 Å². The molecule has 6 heteroatoms. The Labute approximate surface area is 79.0 Å². The Hall–Kier alpha value is -0.705. The molecule has 1 aromatic rings. The van der Waals surface area contributed by atoms with Gasteiger partial charge in [0.2, 0.25) is 0 Å². The summed E-state index contributed by atoms with van der Waals surface area (Å²) in [4.78, 5) is 3.68. The summed E-state index contributed by atoms with van der Waals surface area (Å²) in [6.45, 7) is -4.73. The lowest BCUT2D eigenvalue weighted by molar-refractivity contribution is 0.467. The van der Waals surface area contributed by atoms with Gasteiger partial charge in [-0.2, -0.15) is 0 Å². The van der Waals surface area contributed by atoms with Crippen LogP contribution in [-0.2, 0) is 6.42 Å². The Kier molecular flexibility index (Phi) is 3.19. The van der Waals surface area contributed by atoms with Gasteiger partial charge in [0.25, 0.3) is 0 Å². The molecule has 0 amide bonds. The molecule has 0 N–H and O–H groups in total. The Balaban J connectivity index is 2.60. The minimum atomic E-state index is -4.73. The van der Waals surface area contributed by atoms with Crippen molar-refractivity contribution in [2.75, 3.05) is 0 Å². The summed E-state index contributed by atoms with van der Waals surface area (Å²) in [7, 11) is 0. The fourth-order valence-electron chi connectivity index (χ4n) is 0.925. The van der Waals surface area contributed by atoms with Gasteiger partial charge >= 0.3 is 6.98 Å². The van der Waals surface area contributed by atoms with Crippen molar-refractivity contribution in [2.24, 2.45) is 0 Å². The summed E-state index contributed by atoms with van der Waals surface area (Å²) in [5.74, 6) is 0. The Bertz CT molecular complexity index is 289.